The molecule has 39 heavy (non-hydrogen) atoms. The first kappa shape index (κ1) is 33.5. The Bertz CT molecular complexity index is 897. The molecular weight excluding hydrogens is 541 g/mol. The Morgan fingerprint density at radius 2 is 0.821 bits per heavy atom. The summed E-state index contributed by atoms with van der Waals surface area (Å²) in [6.07, 6.45) is 3.08. The predicted molar refractivity (Wildman–Crippen MR) is 166 cm³/mol. The molecule has 0 saturated carbocycles. The van der Waals surface area contributed by atoms with Crippen LogP contribution in [-0.4, -0.2) is 50.6 Å². The smallest absolute Gasteiger partial charge is 0.386 e. The van der Waals surface area contributed by atoms with E-state index in [4.69, 9.17) is 25.9 Å². The molecular formula is C30H48O6Si3. The first-order chi connectivity index (χ1) is 18.4. The molecule has 0 radical (unpaired) electrons. The third-order valence-corrected chi connectivity index (χ3v) is 17.2. The summed E-state index contributed by atoms with van der Waals surface area (Å²) in [5.74, 6) is 0. The second-order valence-corrected chi connectivity index (χ2v) is 19.1. The zero-order valence-corrected chi connectivity index (χ0v) is 28.0. The summed E-state index contributed by atoms with van der Waals surface area (Å²) >= 11 is 0. The molecule has 0 bridgehead atoms. The lowest BCUT2D eigenvalue weighted by molar-refractivity contribution is 0.0336. The van der Waals surface area contributed by atoms with E-state index in [2.05, 4.69) is 37.4 Å². The summed E-state index contributed by atoms with van der Waals surface area (Å²) in [7, 11) is -10.5. The van der Waals surface area contributed by atoms with Gasteiger partial charge in [-0.2, -0.15) is 0 Å². The fourth-order valence-corrected chi connectivity index (χ4v) is 17.4. The maximum Gasteiger partial charge on any atom is 0.496 e. The summed E-state index contributed by atoms with van der Waals surface area (Å²) in [4.78, 5) is 0. The van der Waals surface area contributed by atoms with E-state index in [0.717, 1.165) is 10.4 Å². The second kappa shape index (κ2) is 15.4. The van der Waals surface area contributed by atoms with Gasteiger partial charge in [-0.3, -0.25) is 0 Å². The van der Waals surface area contributed by atoms with E-state index in [9.17, 15) is 0 Å². The number of allylic oxidation sites excluding steroid dienone is 2. The van der Waals surface area contributed by atoms with Gasteiger partial charge in [-0.05, 0) is 65.8 Å². The van der Waals surface area contributed by atoms with Crippen LogP contribution in [0.5, 0.6) is 0 Å². The molecule has 0 aliphatic heterocycles. The highest BCUT2D eigenvalue weighted by atomic mass is 28.5. The van der Waals surface area contributed by atoms with Gasteiger partial charge in [0.2, 0.25) is 0 Å². The normalized spacial score (nSPS) is 13.0. The fraction of sp³-hybridized carbons (Fsp3) is 0.467. The summed E-state index contributed by atoms with van der Waals surface area (Å²) in [5, 5.41) is 1.83. The molecule has 0 aliphatic carbocycles. The van der Waals surface area contributed by atoms with Crippen LogP contribution in [0.3, 0.4) is 0 Å². The lowest BCUT2D eigenvalue weighted by atomic mass is 10.4. The molecule has 0 amide bonds. The van der Waals surface area contributed by atoms with Gasteiger partial charge in [-0.15, -0.1) is 13.2 Å². The van der Waals surface area contributed by atoms with Gasteiger partial charge in [0, 0.05) is 36.5 Å². The van der Waals surface area contributed by atoms with E-state index < -0.39 is 26.2 Å². The van der Waals surface area contributed by atoms with Crippen LogP contribution in [0.1, 0.15) is 55.4 Å². The Morgan fingerprint density at radius 3 is 1.05 bits per heavy atom. The molecule has 9 heteroatoms. The molecule has 0 heterocycles. The SMILES string of the molecule is C=CC[Si](OC(C)C)(OC(C)C)O[Si](O[Si](CC=C)(OC(C)C)OC(C)C)(c1ccccc1)c1ccccc1. The van der Waals surface area contributed by atoms with E-state index in [1.807, 2.05) is 104 Å². The maximum atomic E-state index is 7.41. The monoisotopic (exact) mass is 588 g/mol. The average molecular weight is 589 g/mol. The van der Waals surface area contributed by atoms with Gasteiger partial charge in [0.25, 0.3) is 0 Å². The maximum absolute atomic E-state index is 7.41. The van der Waals surface area contributed by atoms with Crippen molar-refractivity contribution in [3.05, 3.63) is 86.0 Å². The van der Waals surface area contributed by atoms with Crippen molar-refractivity contribution in [1.82, 2.24) is 0 Å². The van der Waals surface area contributed by atoms with Crippen LogP contribution < -0.4 is 10.4 Å². The summed E-state index contributed by atoms with van der Waals surface area (Å²) < 4.78 is 41.3. The first-order valence-electron chi connectivity index (χ1n) is 13.9. The topological polar surface area (TPSA) is 55.4 Å². The van der Waals surface area contributed by atoms with E-state index in [0.29, 0.717) is 12.1 Å². The molecule has 0 spiro atoms. The minimum atomic E-state index is -3.63. The molecule has 0 aromatic heterocycles. The highest BCUT2D eigenvalue weighted by molar-refractivity contribution is 7.00. The number of rotatable bonds is 18. The molecule has 0 saturated heterocycles. The standard InChI is InChI=1S/C30H48O6Si3/c1-11-23-37(31-25(3)4,32-26(5)6)35-39(29-19-15-13-16-20-29,30-21-17-14-18-22-30)36-38(24-12-2,33-27(7)8)34-28(9)10/h11-22,25-28H,1-2,23-24H2,3-10H3. The highest BCUT2D eigenvalue weighted by Crippen LogP contribution is 2.31. The Labute approximate surface area is 239 Å². The second-order valence-electron chi connectivity index (χ2n) is 10.6. The van der Waals surface area contributed by atoms with Gasteiger partial charge in [0.15, 0.2) is 0 Å². The van der Waals surface area contributed by atoms with Crippen molar-refractivity contribution in [3.63, 3.8) is 0 Å². The van der Waals surface area contributed by atoms with Crippen LogP contribution in [0.25, 0.3) is 0 Å². The highest BCUT2D eigenvalue weighted by Gasteiger charge is 2.60. The molecule has 216 valence electrons. The van der Waals surface area contributed by atoms with Gasteiger partial charge in [-0.1, -0.05) is 72.8 Å². The average Bonchev–Trinajstić information content (AvgIpc) is 2.83. The number of benzene rings is 2. The number of hydrogen-bond donors (Lipinski definition) is 0. The molecule has 0 N–H and O–H groups in total. The van der Waals surface area contributed by atoms with Crippen molar-refractivity contribution in [2.24, 2.45) is 0 Å². The minimum absolute atomic E-state index is 0.136. The minimum Gasteiger partial charge on any atom is -0.386 e. The number of hydrogen-bond acceptors (Lipinski definition) is 6. The van der Waals surface area contributed by atoms with E-state index in [1.54, 1.807) is 0 Å². The summed E-state index contributed by atoms with van der Waals surface area (Å²) in [5.41, 5.74) is 0. The van der Waals surface area contributed by atoms with E-state index in [1.165, 1.54) is 0 Å². The Morgan fingerprint density at radius 1 is 0.538 bits per heavy atom. The van der Waals surface area contributed by atoms with E-state index >= 15 is 0 Å². The fourth-order valence-electron chi connectivity index (χ4n) is 4.39. The zero-order valence-electron chi connectivity index (χ0n) is 25.0. The van der Waals surface area contributed by atoms with Gasteiger partial charge in [0.1, 0.15) is 0 Å². The van der Waals surface area contributed by atoms with Gasteiger partial charge in [0.05, 0.1) is 0 Å². The molecule has 6 nitrogen and oxygen atoms in total. The molecule has 2 aromatic rings. The molecule has 0 aliphatic rings. The van der Waals surface area contributed by atoms with Crippen molar-refractivity contribution < 1.29 is 25.9 Å². The van der Waals surface area contributed by atoms with Crippen LogP contribution in [0.4, 0.5) is 0 Å². The Hall–Kier alpha value is -1.67. The van der Waals surface area contributed by atoms with Crippen molar-refractivity contribution >= 4 is 36.5 Å². The van der Waals surface area contributed by atoms with Crippen molar-refractivity contribution in [1.29, 1.82) is 0 Å². The van der Waals surface area contributed by atoms with Crippen molar-refractivity contribution in [3.8, 4) is 0 Å². The van der Waals surface area contributed by atoms with Crippen LogP contribution in [0, 0.1) is 0 Å². The summed E-state index contributed by atoms with van der Waals surface area (Å²) in [6.45, 7) is 24.0. The Balaban J connectivity index is 2.97. The van der Waals surface area contributed by atoms with Crippen molar-refractivity contribution in [2.45, 2.75) is 91.9 Å². The predicted octanol–water partition coefficient (Wildman–Crippen LogP) is 6.23. The Kier molecular flexibility index (Phi) is 13.2. The zero-order chi connectivity index (χ0) is 29.1. The molecule has 2 aromatic carbocycles. The van der Waals surface area contributed by atoms with Crippen molar-refractivity contribution in [2.75, 3.05) is 0 Å². The van der Waals surface area contributed by atoms with Gasteiger partial charge in [-0.25, -0.2) is 0 Å². The quantitative estimate of drug-likeness (QED) is 0.152. The molecule has 2 rings (SSSR count). The first-order valence-corrected chi connectivity index (χ1v) is 19.5. The summed E-state index contributed by atoms with van der Waals surface area (Å²) in [6, 6.07) is 21.0. The third-order valence-electron chi connectivity index (χ3n) is 5.36. The molecule has 0 unspecified atom stereocenters. The van der Waals surface area contributed by atoms with Crippen LogP contribution in [0.2, 0.25) is 12.1 Å². The van der Waals surface area contributed by atoms with Crippen LogP contribution >= 0.6 is 0 Å². The largest absolute Gasteiger partial charge is 0.496 e. The lowest BCUT2D eigenvalue weighted by Crippen LogP contribution is -2.74. The van der Waals surface area contributed by atoms with E-state index in [-0.39, 0.29) is 24.4 Å². The molecule has 0 fully saturated rings. The lowest BCUT2D eigenvalue weighted by Gasteiger charge is -2.45. The van der Waals surface area contributed by atoms with Gasteiger partial charge < -0.3 is 25.9 Å². The third kappa shape index (κ3) is 9.73. The van der Waals surface area contributed by atoms with Crippen LogP contribution in [-0.2, 0) is 25.9 Å². The molecule has 0 atom stereocenters. The van der Waals surface area contributed by atoms with Crippen LogP contribution in [0.15, 0.2) is 86.0 Å². The van der Waals surface area contributed by atoms with Gasteiger partial charge >= 0.3 is 26.2 Å².